The van der Waals surface area contributed by atoms with Crippen molar-refractivity contribution < 1.29 is 9.90 Å². The van der Waals surface area contributed by atoms with Gasteiger partial charge in [0.15, 0.2) is 0 Å². The van der Waals surface area contributed by atoms with Gasteiger partial charge in [0.2, 0.25) is 0 Å². The van der Waals surface area contributed by atoms with E-state index in [1.807, 2.05) is 53.3 Å². The number of imidazole rings is 1. The van der Waals surface area contributed by atoms with Crippen LogP contribution in [0.25, 0.3) is 16.9 Å². The number of amides is 1. The van der Waals surface area contributed by atoms with Crippen LogP contribution in [0.1, 0.15) is 28.8 Å². The molecule has 218 valence electrons. The predicted octanol–water partition coefficient (Wildman–Crippen LogP) is 3.62. The number of pyridine rings is 2. The number of fused-ring (bicyclic) bond motifs is 2. The maximum atomic E-state index is 12.9. The molecule has 3 aliphatic heterocycles. The molecule has 0 unspecified atom stereocenters. The van der Waals surface area contributed by atoms with Crippen molar-refractivity contribution in [2.45, 2.75) is 25.0 Å². The third-order valence-corrected chi connectivity index (χ3v) is 9.14. The Balaban J connectivity index is 1.04. The number of aromatic nitrogens is 3. The summed E-state index contributed by atoms with van der Waals surface area (Å²) in [6, 6.07) is 11.6. The molecule has 3 N–H and O–H groups in total. The lowest BCUT2D eigenvalue weighted by Crippen LogP contribution is -2.54. The Bertz CT molecular complexity index is 1620. The van der Waals surface area contributed by atoms with E-state index in [0.717, 1.165) is 86.8 Å². The van der Waals surface area contributed by atoms with Crippen LogP contribution in [0.2, 0.25) is 5.02 Å². The number of carbonyl (C=O) groups excluding carboxylic acids is 1. The van der Waals surface area contributed by atoms with Gasteiger partial charge in [0, 0.05) is 75.2 Å². The van der Waals surface area contributed by atoms with E-state index in [-0.39, 0.29) is 5.91 Å². The van der Waals surface area contributed by atoms with Crippen molar-refractivity contribution in [2.24, 2.45) is 0 Å². The molecule has 2 fully saturated rings. The second kappa shape index (κ2) is 10.9. The molecule has 3 aromatic heterocycles. The summed E-state index contributed by atoms with van der Waals surface area (Å²) in [5.74, 6) is 0.557. The van der Waals surface area contributed by atoms with Crippen molar-refractivity contribution in [3.8, 4) is 11.3 Å². The van der Waals surface area contributed by atoms with Gasteiger partial charge in [-0.05, 0) is 49.7 Å². The molecule has 2 saturated heterocycles. The number of aliphatic hydroxyl groups is 1. The summed E-state index contributed by atoms with van der Waals surface area (Å²) in [7, 11) is 2.15. The molecule has 10 nitrogen and oxygen atoms in total. The van der Waals surface area contributed by atoms with Crippen LogP contribution < -0.4 is 15.5 Å². The first-order valence-corrected chi connectivity index (χ1v) is 14.9. The third kappa shape index (κ3) is 5.20. The van der Waals surface area contributed by atoms with Crippen LogP contribution in [0.3, 0.4) is 0 Å². The minimum absolute atomic E-state index is 0.111. The minimum Gasteiger partial charge on any atom is -0.388 e. The summed E-state index contributed by atoms with van der Waals surface area (Å²) in [5, 5.41) is 18.2. The predicted molar refractivity (Wildman–Crippen MR) is 165 cm³/mol. The smallest absolute Gasteiger partial charge is 0.254 e. The summed E-state index contributed by atoms with van der Waals surface area (Å²) >= 11 is 6.15. The zero-order valence-electron chi connectivity index (χ0n) is 23.7. The molecule has 42 heavy (non-hydrogen) atoms. The van der Waals surface area contributed by atoms with Crippen LogP contribution >= 0.6 is 11.6 Å². The van der Waals surface area contributed by atoms with Gasteiger partial charge in [-0.25, -0.2) is 9.97 Å². The quantitative estimate of drug-likeness (QED) is 0.315. The molecule has 0 radical (unpaired) electrons. The van der Waals surface area contributed by atoms with E-state index in [1.54, 1.807) is 0 Å². The van der Waals surface area contributed by atoms with Crippen LogP contribution in [-0.4, -0.2) is 93.6 Å². The molecule has 4 aromatic rings. The van der Waals surface area contributed by atoms with Gasteiger partial charge in [0.25, 0.3) is 5.91 Å². The van der Waals surface area contributed by atoms with E-state index < -0.39 is 5.60 Å². The fourth-order valence-corrected chi connectivity index (χ4v) is 6.55. The number of hydrogen-bond acceptors (Lipinski definition) is 8. The van der Waals surface area contributed by atoms with Crippen molar-refractivity contribution in [1.82, 2.24) is 29.5 Å². The van der Waals surface area contributed by atoms with Crippen molar-refractivity contribution in [1.29, 1.82) is 0 Å². The van der Waals surface area contributed by atoms with Gasteiger partial charge in [0.05, 0.1) is 40.6 Å². The summed E-state index contributed by atoms with van der Waals surface area (Å²) in [6.45, 7) is 6.94. The summed E-state index contributed by atoms with van der Waals surface area (Å²) in [6.07, 6.45) is 7.06. The second-order valence-corrected chi connectivity index (χ2v) is 12.2. The molecule has 7 rings (SSSR count). The Morgan fingerprint density at radius 3 is 2.60 bits per heavy atom. The number of anilines is 3. The van der Waals surface area contributed by atoms with Crippen LogP contribution in [-0.2, 0) is 6.54 Å². The Hall–Kier alpha value is -3.70. The highest BCUT2D eigenvalue weighted by atomic mass is 35.5. The highest BCUT2D eigenvalue weighted by Gasteiger charge is 2.35. The molecule has 1 amide bonds. The van der Waals surface area contributed by atoms with Crippen LogP contribution in [0.5, 0.6) is 0 Å². The average molecular weight is 587 g/mol. The number of nitrogens with one attached hydrogen (secondary N) is 2. The molecule has 0 aliphatic carbocycles. The molecule has 11 heteroatoms. The van der Waals surface area contributed by atoms with E-state index >= 15 is 0 Å². The van der Waals surface area contributed by atoms with Crippen molar-refractivity contribution in [3.05, 3.63) is 71.1 Å². The van der Waals surface area contributed by atoms with Gasteiger partial charge in [-0.15, -0.1) is 0 Å². The number of benzene rings is 1. The number of hydrogen-bond donors (Lipinski definition) is 3. The van der Waals surface area contributed by atoms with Gasteiger partial charge in [0.1, 0.15) is 11.5 Å². The van der Waals surface area contributed by atoms with Crippen LogP contribution in [0.4, 0.5) is 17.2 Å². The standard InChI is InChI=1S/C31H35ClN8O2/c1-37-12-14-38(15-13-37)20-31(42)7-10-39(11-8-31)22-2-5-27(33-17-22)36-25-4-3-23(24-18-35-30(41)29(24)25)26-19-34-28-16-21(32)6-9-40(26)28/h2-6,9,16-17,19,42H,7-8,10-15,18,20H2,1H3,(H,33,36)(H,35,41). The van der Waals surface area contributed by atoms with Crippen LogP contribution in [0, 0.1) is 0 Å². The molecular weight excluding hydrogens is 552 g/mol. The lowest BCUT2D eigenvalue weighted by Gasteiger charge is -2.43. The molecule has 3 aliphatic rings. The third-order valence-electron chi connectivity index (χ3n) is 8.90. The minimum atomic E-state index is -0.634. The highest BCUT2D eigenvalue weighted by molar-refractivity contribution is 6.30. The van der Waals surface area contributed by atoms with Crippen molar-refractivity contribution in [3.63, 3.8) is 0 Å². The molecule has 0 atom stereocenters. The maximum absolute atomic E-state index is 12.9. The Morgan fingerprint density at radius 1 is 1.02 bits per heavy atom. The number of likely N-dealkylation sites (N-methyl/N-ethyl adjacent to an activating group) is 1. The maximum Gasteiger partial charge on any atom is 0.254 e. The first kappa shape index (κ1) is 27.2. The number of β-amino-alcohol motifs (C(OH)–C–C–N with tert-alkyl or cyclic N) is 1. The van der Waals surface area contributed by atoms with Gasteiger partial charge < -0.3 is 25.5 Å². The van der Waals surface area contributed by atoms with Crippen molar-refractivity contribution in [2.75, 3.05) is 63.1 Å². The number of carbonyl (C=O) groups is 1. The second-order valence-electron chi connectivity index (χ2n) is 11.7. The number of rotatable bonds is 6. The fraction of sp³-hybridized carbons (Fsp3) is 0.387. The molecular formula is C31H35ClN8O2. The topological polar surface area (TPSA) is 101 Å². The lowest BCUT2D eigenvalue weighted by molar-refractivity contribution is -0.0250. The molecule has 0 spiro atoms. The van der Waals surface area contributed by atoms with E-state index in [4.69, 9.17) is 11.6 Å². The monoisotopic (exact) mass is 586 g/mol. The lowest BCUT2D eigenvalue weighted by atomic mass is 9.90. The molecule has 1 aromatic carbocycles. The first-order valence-electron chi connectivity index (χ1n) is 14.5. The fourth-order valence-electron chi connectivity index (χ4n) is 6.39. The normalized spacial score (nSPS) is 19.2. The summed E-state index contributed by atoms with van der Waals surface area (Å²) in [5.41, 5.74) is 5.27. The number of piperazine rings is 1. The van der Waals surface area contributed by atoms with Gasteiger partial charge in [-0.3, -0.25) is 14.1 Å². The molecule has 0 saturated carbocycles. The van der Waals surface area contributed by atoms with Crippen LogP contribution in [0.15, 0.2) is 55.0 Å². The zero-order valence-corrected chi connectivity index (χ0v) is 24.4. The Morgan fingerprint density at radius 2 is 1.83 bits per heavy atom. The Labute approximate surface area is 249 Å². The average Bonchev–Trinajstić information content (AvgIpc) is 3.59. The SMILES string of the molecule is CN1CCN(CC2(O)CCN(c3ccc(Nc4ccc(-c5cnc6cc(Cl)ccn56)c5c4C(=O)NC5)nc3)CC2)CC1. The van der Waals surface area contributed by atoms with Crippen molar-refractivity contribution >= 4 is 40.3 Å². The van der Waals surface area contributed by atoms with Gasteiger partial charge in [-0.2, -0.15) is 0 Å². The first-order chi connectivity index (χ1) is 20.3. The largest absolute Gasteiger partial charge is 0.388 e. The van der Waals surface area contributed by atoms with E-state index in [2.05, 4.69) is 48.4 Å². The molecule has 6 heterocycles. The zero-order chi connectivity index (χ0) is 28.8. The number of halogens is 1. The van der Waals surface area contributed by atoms with E-state index in [1.165, 1.54) is 0 Å². The highest BCUT2D eigenvalue weighted by Crippen LogP contribution is 2.36. The van der Waals surface area contributed by atoms with E-state index in [9.17, 15) is 9.90 Å². The van der Waals surface area contributed by atoms with Gasteiger partial charge >= 0.3 is 0 Å². The Kier molecular flexibility index (Phi) is 7.02. The van der Waals surface area contributed by atoms with Gasteiger partial charge in [-0.1, -0.05) is 17.7 Å². The number of nitrogens with zero attached hydrogens (tertiary/aromatic N) is 6. The summed E-state index contributed by atoms with van der Waals surface area (Å²) in [4.78, 5) is 29.1. The van der Waals surface area contributed by atoms with E-state index in [0.29, 0.717) is 28.6 Å². The molecule has 0 bridgehead atoms. The summed E-state index contributed by atoms with van der Waals surface area (Å²) < 4.78 is 1.98. The number of piperidine rings is 1.